The summed E-state index contributed by atoms with van der Waals surface area (Å²) in [5.41, 5.74) is 1.97. The SMILES string of the molecule is CC(C)N(CC(=O)N1CCN(c2ccc(-c3ccc(F)cc3)nn2)CC1)C(=O)c1ccc(Cl)cc1. The molecule has 0 spiro atoms. The fourth-order valence-electron chi connectivity index (χ4n) is 3.95. The largest absolute Gasteiger partial charge is 0.352 e. The number of halogens is 2. The standard InChI is InChI=1S/C26H27ClFN5O2/c1-18(2)33(26(35)20-3-7-21(27)8-4-20)17-25(34)32-15-13-31(14-16-32)24-12-11-23(29-30-24)19-5-9-22(28)10-6-19/h3-12,18H,13-17H2,1-2H3. The molecule has 0 atom stereocenters. The van der Waals surface area contributed by atoms with Gasteiger partial charge in [0.15, 0.2) is 5.82 Å². The Labute approximate surface area is 209 Å². The Bertz CT molecular complexity index is 1160. The van der Waals surface area contributed by atoms with Crippen LogP contribution in [-0.2, 0) is 4.79 Å². The number of amides is 2. The van der Waals surface area contributed by atoms with E-state index >= 15 is 0 Å². The lowest BCUT2D eigenvalue weighted by molar-refractivity contribution is -0.132. The molecule has 35 heavy (non-hydrogen) atoms. The Hall–Kier alpha value is -3.52. The molecule has 1 aromatic heterocycles. The van der Waals surface area contributed by atoms with Gasteiger partial charge in [-0.1, -0.05) is 11.6 Å². The molecule has 9 heteroatoms. The topological polar surface area (TPSA) is 69.6 Å². The van der Waals surface area contributed by atoms with Gasteiger partial charge in [-0.15, -0.1) is 10.2 Å². The minimum Gasteiger partial charge on any atom is -0.352 e. The molecule has 1 aliphatic heterocycles. The van der Waals surface area contributed by atoms with Crippen molar-refractivity contribution in [2.24, 2.45) is 0 Å². The molecule has 0 bridgehead atoms. The lowest BCUT2D eigenvalue weighted by Crippen LogP contribution is -2.53. The van der Waals surface area contributed by atoms with E-state index in [2.05, 4.69) is 15.1 Å². The van der Waals surface area contributed by atoms with E-state index in [1.807, 2.05) is 26.0 Å². The van der Waals surface area contributed by atoms with Crippen LogP contribution in [0.25, 0.3) is 11.3 Å². The van der Waals surface area contributed by atoms with Crippen molar-refractivity contribution in [3.8, 4) is 11.3 Å². The van der Waals surface area contributed by atoms with E-state index in [1.54, 1.807) is 46.2 Å². The van der Waals surface area contributed by atoms with E-state index in [1.165, 1.54) is 12.1 Å². The Morgan fingerprint density at radius 1 is 0.943 bits per heavy atom. The van der Waals surface area contributed by atoms with Crippen LogP contribution in [0.3, 0.4) is 0 Å². The minimum atomic E-state index is -0.295. The van der Waals surface area contributed by atoms with Crippen molar-refractivity contribution in [2.75, 3.05) is 37.6 Å². The Morgan fingerprint density at radius 2 is 1.60 bits per heavy atom. The molecule has 2 amide bonds. The molecule has 1 saturated heterocycles. The highest BCUT2D eigenvalue weighted by atomic mass is 35.5. The minimum absolute atomic E-state index is 0.0191. The third-order valence-corrected chi connectivity index (χ3v) is 6.28. The average Bonchev–Trinajstić information content (AvgIpc) is 2.88. The Balaban J connectivity index is 1.34. The van der Waals surface area contributed by atoms with Crippen molar-refractivity contribution in [3.63, 3.8) is 0 Å². The number of aromatic nitrogens is 2. The van der Waals surface area contributed by atoms with Crippen molar-refractivity contribution in [3.05, 3.63) is 77.1 Å². The van der Waals surface area contributed by atoms with Crippen LogP contribution in [0.4, 0.5) is 10.2 Å². The number of carbonyl (C=O) groups excluding carboxylic acids is 2. The predicted octanol–water partition coefficient (Wildman–Crippen LogP) is 4.14. The molecule has 182 valence electrons. The quantitative estimate of drug-likeness (QED) is 0.514. The first-order valence-electron chi connectivity index (χ1n) is 11.5. The highest BCUT2D eigenvalue weighted by molar-refractivity contribution is 6.30. The van der Waals surface area contributed by atoms with Crippen LogP contribution in [0.2, 0.25) is 5.02 Å². The van der Waals surface area contributed by atoms with Crippen molar-refractivity contribution in [1.82, 2.24) is 20.0 Å². The van der Waals surface area contributed by atoms with Crippen LogP contribution < -0.4 is 4.90 Å². The van der Waals surface area contributed by atoms with E-state index < -0.39 is 0 Å². The molecular weight excluding hydrogens is 469 g/mol. The van der Waals surface area contributed by atoms with E-state index in [-0.39, 0.29) is 30.2 Å². The second-order valence-electron chi connectivity index (χ2n) is 8.69. The maximum Gasteiger partial charge on any atom is 0.254 e. The van der Waals surface area contributed by atoms with Gasteiger partial charge in [0.05, 0.1) is 5.69 Å². The van der Waals surface area contributed by atoms with Gasteiger partial charge in [0.1, 0.15) is 12.4 Å². The number of anilines is 1. The van der Waals surface area contributed by atoms with Crippen LogP contribution in [0.1, 0.15) is 24.2 Å². The summed E-state index contributed by atoms with van der Waals surface area (Å²) in [6, 6.07) is 16.4. The molecule has 0 saturated carbocycles. The lowest BCUT2D eigenvalue weighted by atomic mass is 10.1. The Kier molecular flexibility index (Phi) is 7.60. The van der Waals surface area contributed by atoms with Crippen molar-refractivity contribution >= 4 is 29.2 Å². The third-order valence-electron chi connectivity index (χ3n) is 6.03. The first-order valence-corrected chi connectivity index (χ1v) is 11.9. The van der Waals surface area contributed by atoms with Gasteiger partial charge in [-0.25, -0.2) is 4.39 Å². The highest BCUT2D eigenvalue weighted by Crippen LogP contribution is 2.20. The first-order chi connectivity index (χ1) is 16.8. The highest BCUT2D eigenvalue weighted by Gasteiger charge is 2.27. The predicted molar refractivity (Wildman–Crippen MR) is 134 cm³/mol. The zero-order chi connectivity index (χ0) is 24.9. The normalized spacial score (nSPS) is 13.7. The van der Waals surface area contributed by atoms with E-state index in [0.717, 1.165) is 11.4 Å². The molecule has 0 aliphatic carbocycles. The van der Waals surface area contributed by atoms with Crippen LogP contribution in [0.15, 0.2) is 60.7 Å². The zero-order valence-corrected chi connectivity index (χ0v) is 20.5. The summed E-state index contributed by atoms with van der Waals surface area (Å²) >= 11 is 5.93. The molecule has 0 radical (unpaired) electrons. The monoisotopic (exact) mass is 495 g/mol. The smallest absolute Gasteiger partial charge is 0.254 e. The average molecular weight is 496 g/mol. The van der Waals surface area contributed by atoms with Gasteiger partial charge in [0, 0.05) is 48.4 Å². The molecule has 1 aliphatic rings. The van der Waals surface area contributed by atoms with Crippen LogP contribution in [-0.4, -0.2) is 70.6 Å². The zero-order valence-electron chi connectivity index (χ0n) is 19.7. The second-order valence-corrected chi connectivity index (χ2v) is 9.12. The molecule has 2 aromatic carbocycles. The van der Waals surface area contributed by atoms with Gasteiger partial charge in [0.25, 0.3) is 5.91 Å². The van der Waals surface area contributed by atoms with Crippen molar-refractivity contribution < 1.29 is 14.0 Å². The summed E-state index contributed by atoms with van der Waals surface area (Å²) in [6.07, 6.45) is 0. The van der Waals surface area contributed by atoms with Crippen molar-refractivity contribution in [2.45, 2.75) is 19.9 Å². The number of hydrogen-bond acceptors (Lipinski definition) is 5. The van der Waals surface area contributed by atoms with Gasteiger partial charge in [-0.05, 0) is 74.5 Å². The molecule has 0 N–H and O–H groups in total. The Morgan fingerprint density at radius 3 is 2.17 bits per heavy atom. The summed E-state index contributed by atoms with van der Waals surface area (Å²) in [4.78, 5) is 31.4. The number of nitrogens with zero attached hydrogens (tertiary/aromatic N) is 5. The summed E-state index contributed by atoms with van der Waals surface area (Å²) in [6.45, 7) is 6.10. The second kappa shape index (κ2) is 10.8. The van der Waals surface area contributed by atoms with Crippen LogP contribution in [0, 0.1) is 5.82 Å². The summed E-state index contributed by atoms with van der Waals surface area (Å²) in [5.74, 6) is 0.153. The van der Waals surface area contributed by atoms with E-state index in [4.69, 9.17) is 11.6 Å². The van der Waals surface area contributed by atoms with Gasteiger partial charge < -0.3 is 14.7 Å². The van der Waals surface area contributed by atoms with Crippen molar-refractivity contribution in [1.29, 1.82) is 0 Å². The molecule has 2 heterocycles. The molecule has 0 unspecified atom stereocenters. The molecule has 1 fully saturated rings. The number of hydrogen-bond donors (Lipinski definition) is 0. The maximum absolute atomic E-state index is 13.1. The molecule has 4 rings (SSSR count). The number of piperazine rings is 1. The summed E-state index contributed by atoms with van der Waals surface area (Å²) < 4.78 is 13.1. The van der Waals surface area contributed by atoms with Crippen LogP contribution >= 0.6 is 11.6 Å². The fourth-order valence-corrected chi connectivity index (χ4v) is 4.07. The molecular formula is C26H27ClFN5O2. The maximum atomic E-state index is 13.1. The number of rotatable bonds is 6. The molecule has 3 aromatic rings. The molecule has 7 nitrogen and oxygen atoms in total. The van der Waals surface area contributed by atoms with Gasteiger partial charge in [0.2, 0.25) is 5.91 Å². The van der Waals surface area contributed by atoms with Gasteiger partial charge in [-0.2, -0.15) is 0 Å². The number of benzene rings is 2. The lowest BCUT2D eigenvalue weighted by Gasteiger charge is -2.36. The summed E-state index contributed by atoms with van der Waals surface area (Å²) in [7, 11) is 0. The van der Waals surface area contributed by atoms with Crippen LogP contribution in [0.5, 0.6) is 0 Å². The van der Waals surface area contributed by atoms with E-state index in [0.29, 0.717) is 42.5 Å². The number of carbonyl (C=O) groups is 2. The van der Waals surface area contributed by atoms with Gasteiger partial charge in [-0.3, -0.25) is 9.59 Å². The third kappa shape index (κ3) is 5.95. The van der Waals surface area contributed by atoms with E-state index in [9.17, 15) is 14.0 Å². The summed E-state index contributed by atoms with van der Waals surface area (Å²) in [5, 5.41) is 9.15. The first kappa shape index (κ1) is 24.6. The van der Waals surface area contributed by atoms with Gasteiger partial charge >= 0.3 is 0 Å². The fraction of sp³-hybridized carbons (Fsp3) is 0.308.